The van der Waals surface area contributed by atoms with Crippen molar-refractivity contribution in [3.8, 4) is 0 Å². The average molecular weight is 166 g/mol. The lowest BCUT2D eigenvalue weighted by atomic mass is 10.0. The molecule has 0 aliphatic rings. The standard InChI is InChI=1S/C10H14S/c1-8(2)10-5-3-9(7-11)4-6-10/h3-6,8,11H,7H2,1-2H3. The van der Waals surface area contributed by atoms with E-state index in [1.165, 1.54) is 11.1 Å². The zero-order chi connectivity index (χ0) is 8.27. The van der Waals surface area contributed by atoms with Crippen LogP contribution in [0.25, 0.3) is 0 Å². The van der Waals surface area contributed by atoms with E-state index in [9.17, 15) is 0 Å². The lowest BCUT2D eigenvalue weighted by molar-refractivity contribution is 0.866. The molecule has 0 fully saturated rings. The van der Waals surface area contributed by atoms with E-state index >= 15 is 0 Å². The lowest BCUT2D eigenvalue weighted by Gasteiger charge is -2.04. The van der Waals surface area contributed by atoms with E-state index in [-0.39, 0.29) is 0 Å². The van der Waals surface area contributed by atoms with Crippen LogP contribution in [0.4, 0.5) is 0 Å². The minimum Gasteiger partial charge on any atom is -0.175 e. The maximum Gasteiger partial charge on any atom is 0.0154 e. The van der Waals surface area contributed by atoms with E-state index < -0.39 is 0 Å². The first-order valence-electron chi connectivity index (χ1n) is 3.93. The molecule has 0 aliphatic carbocycles. The predicted molar refractivity (Wildman–Crippen MR) is 53.2 cm³/mol. The fraction of sp³-hybridized carbons (Fsp3) is 0.400. The largest absolute Gasteiger partial charge is 0.175 e. The van der Waals surface area contributed by atoms with Crippen molar-refractivity contribution in [2.45, 2.75) is 25.5 Å². The van der Waals surface area contributed by atoms with Gasteiger partial charge in [0.1, 0.15) is 0 Å². The van der Waals surface area contributed by atoms with Crippen LogP contribution in [-0.2, 0) is 5.75 Å². The summed E-state index contributed by atoms with van der Waals surface area (Å²) in [5.41, 5.74) is 2.69. The molecule has 0 atom stereocenters. The van der Waals surface area contributed by atoms with Crippen LogP contribution in [-0.4, -0.2) is 0 Å². The maximum atomic E-state index is 4.20. The van der Waals surface area contributed by atoms with Gasteiger partial charge >= 0.3 is 0 Å². The van der Waals surface area contributed by atoms with Crippen molar-refractivity contribution < 1.29 is 0 Å². The summed E-state index contributed by atoms with van der Waals surface area (Å²) in [6.45, 7) is 4.41. The van der Waals surface area contributed by atoms with Crippen LogP contribution in [0.2, 0.25) is 0 Å². The van der Waals surface area contributed by atoms with Crippen LogP contribution in [0, 0.1) is 0 Å². The van der Waals surface area contributed by atoms with Crippen molar-refractivity contribution in [3.05, 3.63) is 35.4 Å². The highest BCUT2D eigenvalue weighted by Gasteiger charge is 1.96. The van der Waals surface area contributed by atoms with E-state index in [4.69, 9.17) is 0 Å². The van der Waals surface area contributed by atoms with E-state index in [1.807, 2.05) is 0 Å². The second-order valence-corrected chi connectivity index (χ2v) is 3.37. The molecule has 1 aromatic carbocycles. The summed E-state index contributed by atoms with van der Waals surface area (Å²) in [5.74, 6) is 1.46. The third-order valence-corrected chi connectivity index (χ3v) is 2.19. The summed E-state index contributed by atoms with van der Waals surface area (Å²) in [6, 6.07) is 8.64. The Morgan fingerprint density at radius 3 is 2.09 bits per heavy atom. The van der Waals surface area contributed by atoms with Gasteiger partial charge in [-0.1, -0.05) is 38.1 Å². The molecule has 0 aromatic heterocycles. The summed E-state index contributed by atoms with van der Waals surface area (Å²) in [6.07, 6.45) is 0. The van der Waals surface area contributed by atoms with Crippen LogP contribution in [0.1, 0.15) is 30.9 Å². The molecule has 0 N–H and O–H groups in total. The zero-order valence-electron chi connectivity index (χ0n) is 7.04. The quantitative estimate of drug-likeness (QED) is 0.641. The van der Waals surface area contributed by atoms with E-state index in [0.29, 0.717) is 5.92 Å². The van der Waals surface area contributed by atoms with Gasteiger partial charge in [-0.05, 0) is 17.0 Å². The monoisotopic (exact) mass is 166 g/mol. The fourth-order valence-corrected chi connectivity index (χ4v) is 1.22. The molecule has 1 heteroatoms. The number of hydrogen-bond donors (Lipinski definition) is 1. The van der Waals surface area contributed by atoms with Gasteiger partial charge in [0.05, 0.1) is 0 Å². The van der Waals surface area contributed by atoms with Gasteiger partial charge in [-0.3, -0.25) is 0 Å². The first-order chi connectivity index (χ1) is 5.24. The second-order valence-electron chi connectivity index (χ2n) is 3.05. The second kappa shape index (κ2) is 3.82. The van der Waals surface area contributed by atoms with Crippen LogP contribution in [0.5, 0.6) is 0 Å². The number of thiol groups is 1. The van der Waals surface area contributed by atoms with Gasteiger partial charge < -0.3 is 0 Å². The molecule has 11 heavy (non-hydrogen) atoms. The Labute approximate surface area is 74.0 Å². The van der Waals surface area contributed by atoms with Crippen molar-refractivity contribution in [1.82, 2.24) is 0 Å². The lowest BCUT2D eigenvalue weighted by Crippen LogP contribution is -1.86. The third kappa shape index (κ3) is 2.26. The summed E-state index contributed by atoms with van der Waals surface area (Å²) >= 11 is 4.20. The molecule has 0 bridgehead atoms. The maximum absolute atomic E-state index is 4.20. The highest BCUT2D eigenvalue weighted by atomic mass is 32.1. The fourth-order valence-electron chi connectivity index (χ4n) is 1.01. The molecule has 0 aliphatic heterocycles. The van der Waals surface area contributed by atoms with Gasteiger partial charge in [0, 0.05) is 5.75 Å². The van der Waals surface area contributed by atoms with Crippen LogP contribution in [0.3, 0.4) is 0 Å². The minimum atomic E-state index is 0.629. The van der Waals surface area contributed by atoms with Crippen molar-refractivity contribution in [2.75, 3.05) is 0 Å². The highest BCUT2D eigenvalue weighted by Crippen LogP contribution is 2.15. The topological polar surface area (TPSA) is 0 Å². The Bertz CT molecular complexity index is 211. The first-order valence-corrected chi connectivity index (χ1v) is 4.57. The molecule has 1 rings (SSSR count). The SMILES string of the molecule is CC(C)c1ccc(CS)cc1. The molecular weight excluding hydrogens is 152 g/mol. The normalized spacial score (nSPS) is 10.5. The summed E-state index contributed by atoms with van der Waals surface area (Å²) < 4.78 is 0. The summed E-state index contributed by atoms with van der Waals surface area (Å²) in [7, 11) is 0. The molecule has 0 saturated heterocycles. The molecular formula is C10H14S. The Kier molecular flexibility index (Phi) is 3.01. The van der Waals surface area contributed by atoms with Crippen LogP contribution >= 0.6 is 12.6 Å². The highest BCUT2D eigenvalue weighted by molar-refractivity contribution is 7.79. The Morgan fingerprint density at radius 2 is 1.73 bits per heavy atom. The molecule has 0 nitrogen and oxygen atoms in total. The van der Waals surface area contributed by atoms with Gasteiger partial charge in [0.2, 0.25) is 0 Å². The Morgan fingerprint density at radius 1 is 1.18 bits per heavy atom. The molecule has 0 heterocycles. The van der Waals surface area contributed by atoms with Gasteiger partial charge in [-0.25, -0.2) is 0 Å². The van der Waals surface area contributed by atoms with E-state index in [1.54, 1.807) is 0 Å². The Hall–Kier alpha value is -0.430. The zero-order valence-corrected chi connectivity index (χ0v) is 7.94. The van der Waals surface area contributed by atoms with Crippen molar-refractivity contribution in [2.24, 2.45) is 0 Å². The third-order valence-electron chi connectivity index (χ3n) is 1.83. The van der Waals surface area contributed by atoms with Crippen molar-refractivity contribution >= 4 is 12.6 Å². The van der Waals surface area contributed by atoms with Gasteiger partial charge in [-0.15, -0.1) is 0 Å². The van der Waals surface area contributed by atoms with Crippen molar-refractivity contribution in [1.29, 1.82) is 0 Å². The van der Waals surface area contributed by atoms with Crippen LogP contribution < -0.4 is 0 Å². The van der Waals surface area contributed by atoms with Crippen molar-refractivity contribution in [3.63, 3.8) is 0 Å². The van der Waals surface area contributed by atoms with Gasteiger partial charge in [-0.2, -0.15) is 12.6 Å². The number of benzene rings is 1. The predicted octanol–water partition coefficient (Wildman–Crippen LogP) is 3.24. The Balaban J connectivity index is 2.83. The summed E-state index contributed by atoms with van der Waals surface area (Å²) in [5, 5.41) is 0. The van der Waals surface area contributed by atoms with Gasteiger partial charge in [0.15, 0.2) is 0 Å². The van der Waals surface area contributed by atoms with Gasteiger partial charge in [0.25, 0.3) is 0 Å². The number of hydrogen-bond acceptors (Lipinski definition) is 1. The van der Waals surface area contributed by atoms with Crippen LogP contribution in [0.15, 0.2) is 24.3 Å². The summed E-state index contributed by atoms with van der Waals surface area (Å²) in [4.78, 5) is 0. The minimum absolute atomic E-state index is 0.629. The van der Waals surface area contributed by atoms with E-state index in [0.717, 1.165) is 5.75 Å². The molecule has 0 spiro atoms. The first kappa shape index (κ1) is 8.66. The molecule has 0 unspecified atom stereocenters. The smallest absolute Gasteiger partial charge is 0.0154 e. The number of rotatable bonds is 2. The molecule has 60 valence electrons. The molecule has 0 radical (unpaired) electrons. The van der Waals surface area contributed by atoms with E-state index in [2.05, 4.69) is 50.7 Å². The average Bonchev–Trinajstić information content (AvgIpc) is 2.05. The molecule has 1 aromatic rings. The molecule has 0 saturated carbocycles. The molecule has 0 amide bonds.